The lowest BCUT2D eigenvalue weighted by Crippen LogP contribution is -2.14. The van der Waals surface area contributed by atoms with Crippen molar-refractivity contribution in [3.63, 3.8) is 0 Å². The highest BCUT2D eigenvalue weighted by Gasteiger charge is 2.27. The Kier molecular flexibility index (Phi) is 10.8. The van der Waals surface area contributed by atoms with Gasteiger partial charge in [-0.25, -0.2) is 0 Å². The largest absolute Gasteiger partial charge is 0.469 e. The summed E-state index contributed by atoms with van der Waals surface area (Å²) in [5, 5.41) is 9.98. The maximum Gasteiger partial charge on any atom is 0.305 e. The van der Waals surface area contributed by atoms with Crippen LogP contribution in [0.25, 0.3) is 0 Å². The zero-order valence-corrected chi connectivity index (χ0v) is 15.5. The highest BCUT2D eigenvalue weighted by Crippen LogP contribution is 2.27. The summed E-state index contributed by atoms with van der Waals surface area (Å²) >= 11 is 0. The molecule has 0 radical (unpaired) electrons. The molecule has 0 bridgehead atoms. The van der Waals surface area contributed by atoms with Gasteiger partial charge in [0.25, 0.3) is 0 Å². The van der Waals surface area contributed by atoms with Crippen LogP contribution in [0.5, 0.6) is 0 Å². The number of aliphatic hydroxyl groups excluding tert-OH is 1. The number of carbonyl (C=O) groups is 2. The molecule has 1 N–H and O–H groups in total. The number of hydrogen-bond acceptors (Lipinski definition) is 4. The van der Waals surface area contributed by atoms with Crippen molar-refractivity contribution in [3.8, 4) is 0 Å². The summed E-state index contributed by atoms with van der Waals surface area (Å²) in [6.45, 7) is 2.14. The smallest absolute Gasteiger partial charge is 0.305 e. The number of hydrogen-bond donors (Lipinski definition) is 1. The molecule has 0 amide bonds. The average Bonchev–Trinajstić information content (AvgIpc) is 2.96. The normalized spacial score (nSPS) is 21.5. The van der Waals surface area contributed by atoms with Crippen molar-refractivity contribution in [3.05, 3.63) is 36.5 Å². The van der Waals surface area contributed by atoms with Gasteiger partial charge in [-0.05, 0) is 31.8 Å². The summed E-state index contributed by atoms with van der Waals surface area (Å²) in [7, 11) is 1.39. The predicted molar refractivity (Wildman–Crippen MR) is 100 cm³/mol. The molecule has 1 aliphatic carbocycles. The summed E-state index contributed by atoms with van der Waals surface area (Å²) in [5.41, 5.74) is 0. The Hall–Kier alpha value is -1.68. The van der Waals surface area contributed by atoms with Gasteiger partial charge in [-0.3, -0.25) is 9.59 Å². The first kappa shape index (κ1) is 21.4. The monoisotopic (exact) mass is 348 g/mol. The molecule has 3 atom stereocenters. The van der Waals surface area contributed by atoms with Crippen LogP contribution in [0.1, 0.15) is 58.3 Å². The third kappa shape index (κ3) is 8.82. The number of aliphatic hydroxyl groups is 1. The highest BCUT2D eigenvalue weighted by molar-refractivity contribution is 5.95. The minimum atomic E-state index is -0.426. The maximum atomic E-state index is 12.0. The van der Waals surface area contributed by atoms with Gasteiger partial charge < -0.3 is 9.84 Å². The van der Waals surface area contributed by atoms with E-state index in [1.54, 1.807) is 6.08 Å². The van der Waals surface area contributed by atoms with Crippen LogP contribution in [-0.2, 0) is 14.3 Å². The number of carbonyl (C=O) groups excluding carboxylic acids is 2. The minimum Gasteiger partial charge on any atom is -0.469 e. The molecule has 25 heavy (non-hydrogen) atoms. The zero-order chi connectivity index (χ0) is 18.5. The van der Waals surface area contributed by atoms with Gasteiger partial charge in [0.2, 0.25) is 0 Å². The number of methoxy groups -OCH3 is 1. The molecular weight excluding hydrogens is 316 g/mol. The first-order valence-corrected chi connectivity index (χ1v) is 9.38. The van der Waals surface area contributed by atoms with Crippen LogP contribution in [-0.4, -0.2) is 30.1 Å². The molecule has 0 saturated heterocycles. The Morgan fingerprint density at radius 1 is 1.32 bits per heavy atom. The number of unbranched alkanes of at least 4 members (excludes halogenated alkanes) is 3. The van der Waals surface area contributed by atoms with Crippen LogP contribution in [0.4, 0.5) is 0 Å². The molecule has 0 heterocycles. The van der Waals surface area contributed by atoms with Crippen LogP contribution < -0.4 is 0 Å². The molecule has 0 fully saturated rings. The number of allylic oxidation sites excluding steroid dienone is 5. The van der Waals surface area contributed by atoms with Crippen LogP contribution in [0.3, 0.4) is 0 Å². The third-order valence-electron chi connectivity index (χ3n) is 4.51. The molecule has 1 aliphatic rings. The van der Waals surface area contributed by atoms with E-state index in [9.17, 15) is 14.7 Å². The first-order chi connectivity index (χ1) is 12.1. The van der Waals surface area contributed by atoms with Crippen molar-refractivity contribution in [1.82, 2.24) is 0 Å². The summed E-state index contributed by atoms with van der Waals surface area (Å²) in [5.74, 6) is -0.0513. The van der Waals surface area contributed by atoms with E-state index < -0.39 is 6.10 Å². The van der Waals surface area contributed by atoms with Gasteiger partial charge in [-0.1, -0.05) is 56.6 Å². The summed E-state index contributed by atoms with van der Waals surface area (Å²) < 4.78 is 4.60. The van der Waals surface area contributed by atoms with Crippen LogP contribution >= 0.6 is 0 Å². The van der Waals surface area contributed by atoms with E-state index in [0.717, 1.165) is 38.5 Å². The topological polar surface area (TPSA) is 63.6 Å². The summed E-state index contributed by atoms with van der Waals surface area (Å²) in [6, 6.07) is 0. The third-order valence-corrected chi connectivity index (χ3v) is 4.51. The fourth-order valence-electron chi connectivity index (χ4n) is 2.91. The second kappa shape index (κ2) is 12.6. The lowest BCUT2D eigenvalue weighted by molar-refractivity contribution is -0.140. The fraction of sp³-hybridized carbons (Fsp3) is 0.619. The Bertz CT molecular complexity index is 490. The lowest BCUT2D eigenvalue weighted by atomic mass is 9.90. The van der Waals surface area contributed by atoms with Crippen LogP contribution in [0, 0.1) is 11.8 Å². The van der Waals surface area contributed by atoms with Gasteiger partial charge >= 0.3 is 5.97 Å². The molecule has 4 heteroatoms. The van der Waals surface area contributed by atoms with Gasteiger partial charge in [0.15, 0.2) is 5.78 Å². The Morgan fingerprint density at radius 3 is 2.84 bits per heavy atom. The molecule has 2 unspecified atom stereocenters. The molecule has 0 aromatic rings. The van der Waals surface area contributed by atoms with E-state index in [-0.39, 0.29) is 23.6 Å². The predicted octanol–water partition coefficient (Wildman–Crippen LogP) is 4.14. The molecule has 0 aromatic carbocycles. The lowest BCUT2D eigenvalue weighted by Gasteiger charge is -2.13. The molecule has 0 aliphatic heterocycles. The van der Waals surface area contributed by atoms with E-state index in [0.29, 0.717) is 12.8 Å². The quantitative estimate of drug-likeness (QED) is 0.327. The van der Waals surface area contributed by atoms with Crippen molar-refractivity contribution in [2.24, 2.45) is 11.8 Å². The molecular formula is C21H32O4. The maximum absolute atomic E-state index is 12.0. The minimum absolute atomic E-state index is 0.0630. The number of esters is 1. The Balaban J connectivity index is 2.36. The number of ketones is 1. The standard InChI is InChI=1S/C21H32O4/c1-3-4-7-10-18(22)15-13-17-14-16-20(23)19(17)11-8-5-6-9-12-21(24)25-2/h5,8,13-19,22H,3-4,6-7,9-12H2,1-2H3/b8-5+,15-13+/t17?,18-,19?/m1/s1. The van der Waals surface area contributed by atoms with E-state index in [4.69, 9.17) is 0 Å². The number of rotatable bonds is 12. The molecule has 0 aromatic heterocycles. The van der Waals surface area contributed by atoms with Gasteiger partial charge in [-0.2, -0.15) is 0 Å². The Morgan fingerprint density at radius 2 is 2.12 bits per heavy atom. The molecule has 1 rings (SSSR count). The zero-order valence-electron chi connectivity index (χ0n) is 15.5. The number of ether oxygens (including phenoxy) is 1. The molecule has 0 spiro atoms. The highest BCUT2D eigenvalue weighted by atomic mass is 16.5. The molecule has 140 valence electrons. The second-order valence-corrected chi connectivity index (χ2v) is 6.57. The van der Waals surface area contributed by atoms with Crippen molar-refractivity contribution in [2.75, 3.05) is 7.11 Å². The van der Waals surface area contributed by atoms with Crippen LogP contribution in [0.15, 0.2) is 36.5 Å². The fourth-order valence-corrected chi connectivity index (χ4v) is 2.91. The van der Waals surface area contributed by atoms with Gasteiger partial charge in [-0.15, -0.1) is 0 Å². The SMILES string of the molecule is CCCCC[C@@H](O)/C=C/C1C=CC(=O)C1C/C=C/CCCC(=O)OC. The first-order valence-electron chi connectivity index (χ1n) is 9.38. The van der Waals surface area contributed by atoms with Gasteiger partial charge in [0.1, 0.15) is 0 Å². The second-order valence-electron chi connectivity index (χ2n) is 6.57. The van der Waals surface area contributed by atoms with Crippen LogP contribution in [0.2, 0.25) is 0 Å². The van der Waals surface area contributed by atoms with Crippen molar-refractivity contribution >= 4 is 11.8 Å². The average molecular weight is 348 g/mol. The summed E-state index contributed by atoms with van der Waals surface area (Å²) in [6.07, 6.45) is 17.7. The molecule has 0 saturated carbocycles. The van der Waals surface area contributed by atoms with Gasteiger partial charge in [0.05, 0.1) is 13.2 Å². The summed E-state index contributed by atoms with van der Waals surface area (Å²) in [4.78, 5) is 23.0. The van der Waals surface area contributed by atoms with E-state index >= 15 is 0 Å². The van der Waals surface area contributed by atoms with E-state index in [2.05, 4.69) is 11.7 Å². The van der Waals surface area contributed by atoms with Gasteiger partial charge in [0, 0.05) is 18.3 Å². The van der Waals surface area contributed by atoms with Crippen molar-refractivity contribution in [2.45, 2.75) is 64.4 Å². The van der Waals surface area contributed by atoms with E-state index in [1.807, 2.05) is 30.4 Å². The van der Waals surface area contributed by atoms with Crippen molar-refractivity contribution < 1.29 is 19.4 Å². The van der Waals surface area contributed by atoms with Crippen molar-refractivity contribution in [1.29, 1.82) is 0 Å². The van der Waals surface area contributed by atoms with E-state index in [1.165, 1.54) is 7.11 Å². The Labute approximate surface area is 151 Å². The molecule has 4 nitrogen and oxygen atoms in total.